The molecule has 1 aromatic carbocycles. The number of rotatable bonds is 1. The van der Waals surface area contributed by atoms with Crippen LogP contribution < -0.4 is 4.74 Å². The molecule has 0 amide bonds. The van der Waals surface area contributed by atoms with Crippen LogP contribution in [0.5, 0.6) is 5.75 Å². The van der Waals surface area contributed by atoms with Crippen LogP contribution in [0, 0.1) is 5.41 Å². The molecule has 1 N–H and O–H groups in total. The molecule has 0 radical (unpaired) electrons. The van der Waals surface area contributed by atoms with Crippen molar-refractivity contribution in [3.05, 3.63) is 28.2 Å². The molecule has 4 nitrogen and oxygen atoms in total. The molecule has 2 rings (SSSR count). The lowest BCUT2D eigenvalue weighted by atomic mass is 10.2. The van der Waals surface area contributed by atoms with Crippen molar-refractivity contribution in [2.24, 2.45) is 4.99 Å². The molecule has 0 spiro atoms. The van der Waals surface area contributed by atoms with E-state index >= 15 is 0 Å². The average Bonchev–Trinajstić information content (AvgIpc) is 2.42. The van der Waals surface area contributed by atoms with E-state index in [1.807, 2.05) is 18.2 Å². The Morgan fingerprint density at radius 2 is 2.38 bits per heavy atom. The van der Waals surface area contributed by atoms with Gasteiger partial charge in [-0.15, -0.1) is 0 Å². The van der Waals surface area contributed by atoms with E-state index < -0.39 is 0 Å². The van der Waals surface area contributed by atoms with Crippen molar-refractivity contribution in [2.75, 3.05) is 20.2 Å². The van der Waals surface area contributed by atoms with E-state index in [4.69, 9.17) is 10.1 Å². The summed E-state index contributed by atoms with van der Waals surface area (Å²) in [5, 5.41) is 8.10. The summed E-state index contributed by atoms with van der Waals surface area (Å²) in [7, 11) is 1.70. The van der Waals surface area contributed by atoms with E-state index in [9.17, 15) is 0 Å². The highest BCUT2D eigenvalue weighted by molar-refractivity contribution is 9.10. The molecule has 0 fully saturated rings. The van der Waals surface area contributed by atoms with E-state index in [1.165, 1.54) is 0 Å². The van der Waals surface area contributed by atoms with E-state index in [1.54, 1.807) is 18.3 Å². The zero-order chi connectivity index (χ0) is 11.5. The Balaban J connectivity index is 2.43. The molecule has 1 aromatic rings. The number of hydrogen-bond acceptors (Lipinski definition) is 3. The molecule has 0 aliphatic carbocycles. The van der Waals surface area contributed by atoms with Gasteiger partial charge in [0.25, 0.3) is 0 Å². The van der Waals surface area contributed by atoms with E-state index in [-0.39, 0.29) is 0 Å². The van der Waals surface area contributed by atoms with Gasteiger partial charge in [0.2, 0.25) is 0 Å². The van der Waals surface area contributed by atoms with Crippen molar-refractivity contribution in [3.63, 3.8) is 0 Å². The van der Waals surface area contributed by atoms with Crippen LogP contribution in [0.3, 0.4) is 0 Å². The standard InChI is InChI=1S/C11H12BrN3O/c1-14-7-15-4-5-16-10-3-2-8(12)6-9(10)11(15)13/h2-3,6-7,13H,4-5H2,1H3/b13-11?,14-7-. The molecule has 0 saturated carbocycles. The van der Waals surface area contributed by atoms with Gasteiger partial charge < -0.3 is 9.64 Å². The molecule has 0 saturated heterocycles. The SMILES string of the molecule is C/N=C\N1CCOc2ccc(Br)cc2C1=N. The number of benzene rings is 1. The third-order valence-corrected chi connectivity index (χ3v) is 2.82. The lowest BCUT2D eigenvalue weighted by molar-refractivity contribution is 0.308. The highest BCUT2D eigenvalue weighted by Gasteiger charge is 2.19. The Labute approximate surface area is 103 Å². The second-order valence-corrected chi connectivity index (χ2v) is 4.32. The molecule has 0 bridgehead atoms. The highest BCUT2D eigenvalue weighted by Crippen LogP contribution is 2.26. The van der Waals surface area contributed by atoms with Crippen LogP contribution in [0.4, 0.5) is 0 Å². The Morgan fingerprint density at radius 3 is 3.12 bits per heavy atom. The Morgan fingerprint density at radius 1 is 1.56 bits per heavy atom. The molecule has 0 unspecified atom stereocenters. The van der Waals surface area contributed by atoms with Crippen molar-refractivity contribution in [1.29, 1.82) is 5.41 Å². The molecular weight excluding hydrogens is 270 g/mol. The lowest BCUT2D eigenvalue weighted by Gasteiger charge is -2.16. The Hall–Kier alpha value is -1.36. The van der Waals surface area contributed by atoms with Crippen molar-refractivity contribution in [1.82, 2.24) is 4.90 Å². The van der Waals surface area contributed by atoms with Gasteiger partial charge in [-0.2, -0.15) is 0 Å². The quantitative estimate of drug-likeness (QED) is 0.633. The minimum absolute atomic E-state index is 0.416. The van der Waals surface area contributed by atoms with Gasteiger partial charge in [0, 0.05) is 11.5 Å². The molecule has 1 aliphatic heterocycles. The summed E-state index contributed by atoms with van der Waals surface area (Å²) in [6.45, 7) is 1.20. The summed E-state index contributed by atoms with van der Waals surface area (Å²) in [6, 6.07) is 5.68. The summed E-state index contributed by atoms with van der Waals surface area (Å²) in [5.74, 6) is 1.17. The first-order valence-corrected chi connectivity index (χ1v) is 5.72. The number of fused-ring (bicyclic) bond motifs is 1. The Kier molecular flexibility index (Phi) is 3.24. The number of ether oxygens (including phenoxy) is 1. The molecule has 0 aromatic heterocycles. The highest BCUT2D eigenvalue weighted by atomic mass is 79.9. The van der Waals surface area contributed by atoms with E-state index in [2.05, 4.69) is 20.9 Å². The van der Waals surface area contributed by atoms with E-state index in [0.717, 1.165) is 15.8 Å². The predicted molar refractivity (Wildman–Crippen MR) is 67.6 cm³/mol. The van der Waals surface area contributed by atoms with Gasteiger partial charge >= 0.3 is 0 Å². The van der Waals surface area contributed by atoms with Crippen LogP contribution in [0.25, 0.3) is 0 Å². The van der Waals surface area contributed by atoms with Crippen LogP contribution >= 0.6 is 15.9 Å². The zero-order valence-electron chi connectivity index (χ0n) is 8.90. The number of amidine groups is 1. The largest absolute Gasteiger partial charge is 0.491 e. The topological polar surface area (TPSA) is 48.7 Å². The first-order valence-electron chi connectivity index (χ1n) is 4.92. The average molecular weight is 282 g/mol. The number of halogens is 1. The Bertz CT molecular complexity index is 445. The maximum Gasteiger partial charge on any atom is 0.137 e. The molecular formula is C11H12BrN3O. The normalized spacial score (nSPS) is 15.9. The van der Waals surface area contributed by atoms with Crippen molar-refractivity contribution in [3.8, 4) is 5.75 Å². The summed E-state index contributed by atoms with van der Waals surface area (Å²) >= 11 is 3.40. The smallest absolute Gasteiger partial charge is 0.137 e. The first kappa shape index (κ1) is 11.1. The summed E-state index contributed by atoms with van der Waals surface area (Å²) in [5.41, 5.74) is 0.784. The molecule has 1 heterocycles. The second kappa shape index (κ2) is 4.65. The summed E-state index contributed by atoms with van der Waals surface area (Å²) in [4.78, 5) is 5.72. The third kappa shape index (κ3) is 2.09. The van der Waals surface area contributed by atoms with Gasteiger partial charge in [-0.05, 0) is 18.2 Å². The molecule has 0 atom stereocenters. The van der Waals surface area contributed by atoms with Crippen LogP contribution in [0.2, 0.25) is 0 Å². The monoisotopic (exact) mass is 281 g/mol. The van der Waals surface area contributed by atoms with Crippen molar-refractivity contribution >= 4 is 28.1 Å². The van der Waals surface area contributed by atoms with Gasteiger partial charge in [0.1, 0.15) is 18.2 Å². The summed E-state index contributed by atoms with van der Waals surface area (Å²) in [6.07, 6.45) is 1.65. The maximum absolute atomic E-state index is 8.10. The van der Waals surface area contributed by atoms with Gasteiger partial charge in [0.05, 0.1) is 18.4 Å². The lowest BCUT2D eigenvalue weighted by Crippen LogP contribution is -2.31. The fraction of sp³-hybridized carbons (Fsp3) is 0.273. The minimum Gasteiger partial charge on any atom is -0.491 e. The third-order valence-electron chi connectivity index (χ3n) is 2.33. The second-order valence-electron chi connectivity index (χ2n) is 3.40. The number of hydrogen-bond donors (Lipinski definition) is 1. The minimum atomic E-state index is 0.416. The molecule has 84 valence electrons. The number of nitrogens with one attached hydrogen (secondary N) is 1. The first-order chi connectivity index (χ1) is 7.72. The van der Waals surface area contributed by atoms with Gasteiger partial charge in [-0.25, -0.2) is 0 Å². The van der Waals surface area contributed by atoms with Crippen molar-refractivity contribution in [2.45, 2.75) is 0 Å². The van der Waals surface area contributed by atoms with Gasteiger partial charge in [-0.1, -0.05) is 15.9 Å². The van der Waals surface area contributed by atoms with Gasteiger partial charge in [-0.3, -0.25) is 10.4 Å². The van der Waals surface area contributed by atoms with Crippen molar-refractivity contribution < 1.29 is 4.74 Å². The van der Waals surface area contributed by atoms with Crippen LogP contribution in [-0.4, -0.2) is 37.3 Å². The van der Waals surface area contributed by atoms with E-state index in [0.29, 0.717) is 19.0 Å². The van der Waals surface area contributed by atoms with Crippen LogP contribution in [0.15, 0.2) is 27.7 Å². The number of nitrogens with zero attached hydrogens (tertiary/aromatic N) is 2. The molecule has 5 heteroatoms. The van der Waals surface area contributed by atoms with Crippen LogP contribution in [0.1, 0.15) is 5.56 Å². The molecule has 1 aliphatic rings. The fourth-order valence-electron chi connectivity index (χ4n) is 1.59. The predicted octanol–water partition coefficient (Wildman–Crippen LogP) is 2.13. The van der Waals surface area contributed by atoms with Crippen LogP contribution in [-0.2, 0) is 0 Å². The maximum atomic E-state index is 8.10. The van der Waals surface area contributed by atoms with Gasteiger partial charge in [0.15, 0.2) is 0 Å². The summed E-state index contributed by atoms with van der Waals surface area (Å²) < 4.78 is 6.53. The number of aliphatic imine (C=N–C) groups is 1. The molecule has 16 heavy (non-hydrogen) atoms. The fourth-order valence-corrected chi connectivity index (χ4v) is 1.95. The zero-order valence-corrected chi connectivity index (χ0v) is 10.5.